The zero-order valence-electron chi connectivity index (χ0n) is 16.6. The second-order valence-corrected chi connectivity index (χ2v) is 7.17. The first-order valence-electron chi connectivity index (χ1n) is 9.98. The van der Waals surface area contributed by atoms with Crippen molar-refractivity contribution in [3.8, 4) is 5.75 Å². The average Bonchev–Trinajstić information content (AvgIpc) is 2.80. The van der Waals surface area contributed by atoms with Crippen molar-refractivity contribution < 1.29 is 14.3 Å². The highest BCUT2D eigenvalue weighted by atomic mass is 16.5. The molecule has 3 aromatic carbocycles. The van der Waals surface area contributed by atoms with E-state index in [9.17, 15) is 4.79 Å². The van der Waals surface area contributed by atoms with E-state index < -0.39 is 0 Å². The fourth-order valence-corrected chi connectivity index (χ4v) is 3.92. The van der Waals surface area contributed by atoms with Gasteiger partial charge in [0.1, 0.15) is 5.75 Å². The van der Waals surface area contributed by atoms with Gasteiger partial charge in [-0.1, -0.05) is 48.5 Å². The number of carbonyl (C=O) groups excluding carboxylic acids is 1. The number of carbonyl (C=O) groups is 1. The summed E-state index contributed by atoms with van der Waals surface area (Å²) < 4.78 is 10.8. The van der Waals surface area contributed by atoms with Gasteiger partial charge in [0.25, 0.3) is 5.91 Å². The highest BCUT2D eigenvalue weighted by molar-refractivity contribution is 5.94. The number of ether oxygens (including phenoxy) is 2. The van der Waals surface area contributed by atoms with Gasteiger partial charge in [0.15, 0.2) is 0 Å². The van der Waals surface area contributed by atoms with E-state index in [-0.39, 0.29) is 11.9 Å². The maximum Gasteiger partial charge on any atom is 0.251 e. The minimum absolute atomic E-state index is 0.0829. The molecule has 3 aromatic rings. The van der Waals surface area contributed by atoms with Gasteiger partial charge in [0.05, 0.1) is 26.4 Å². The zero-order valence-corrected chi connectivity index (χ0v) is 16.6. The summed E-state index contributed by atoms with van der Waals surface area (Å²) >= 11 is 0. The summed E-state index contributed by atoms with van der Waals surface area (Å²) in [6.07, 6.45) is 0. The Balaban J connectivity index is 1.60. The lowest BCUT2D eigenvalue weighted by Crippen LogP contribution is -2.43. The van der Waals surface area contributed by atoms with Crippen molar-refractivity contribution in [1.82, 2.24) is 10.2 Å². The molecule has 0 saturated carbocycles. The number of nitrogens with one attached hydrogen (secondary N) is 1. The topological polar surface area (TPSA) is 50.8 Å². The number of hydrogen-bond acceptors (Lipinski definition) is 4. The third-order valence-corrected chi connectivity index (χ3v) is 5.46. The molecule has 0 radical (unpaired) electrons. The SMILES string of the molecule is COc1cccc(C(=O)NC[C@H](c2cccc3ccccc23)N2CCOCC2)c1. The lowest BCUT2D eigenvalue weighted by molar-refractivity contribution is 0.0165. The largest absolute Gasteiger partial charge is 0.497 e. The molecule has 1 amide bonds. The molecule has 0 aliphatic carbocycles. The van der Waals surface area contributed by atoms with Crippen molar-refractivity contribution in [2.24, 2.45) is 0 Å². The maximum atomic E-state index is 12.8. The van der Waals surface area contributed by atoms with Crippen LogP contribution in [-0.2, 0) is 4.74 Å². The van der Waals surface area contributed by atoms with Crippen LogP contribution in [-0.4, -0.2) is 50.8 Å². The van der Waals surface area contributed by atoms with Crippen LogP contribution in [0.1, 0.15) is 22.0 Å². The zero-order chi connectivity index (χ0) is 20.1. The Hall–Kier alpha value is -2.89. The molecule has 5 heteroatoms. The monoisotopic (exact) mass is 390 g/mol. The molecule has 1 aliphatic rings. The van der Waals surface area contributed by atoms with Crippen LogP contribution in [0.2, 0.25) is 0 Å². The third-order valence-electron chi connectivity index (χ3n) is 5.46. The Kier molecular flexibility index (Phi) is 6.08. The second kappa shape index (κ2) is 9.07. The van der Waals surface area contributed by atoms with E-state index in [4.69, 9.17) is 9.47 Å². The number of amides is 1. The number of hydrogen-bond donors (Lipinski definition) is 1. The van der Waals surface area contributed by atoms with Crippen molar-refractivity contribution >= 4 is 16.7 Å². The van der Waals surface area contributed by atoms with Crippen molar-refractivity contribution in [1.29, 1.82) is 0 Å². The summed E-state index contributed by atoms with van der Waals surface area (Å²) in [4.78, 5) is 15.2. The van der Waals surface area contributed by atoms with Crippen LogP contribution in [0.4, 0.5) is 0 Å². The van der Waals surface area contributed by atoms with Crippen molar-refractivity contribution in [3.05, 3.63) is 77.9 Å². The minimum Gasteiger partial charge on any atom is -0.497 e. The molecule has 1 atom stereocenters. The van der Waals surface area contributed by atoms with Gasteiger partial charge in [0, 0.05) is 25.2 Å². The first-order chi connectivity index (χ1) is 14.3. The fraction of sp³-hybridized carbons (Fsp3) is 0.292. The van der Waals surface area contributed by atoms with Crippen molar-refractivity contribution in [2.45, 2.75) is 6.04 Å². The van der Waals surface area contributed by atoms with E-state index in [1.807, 2.05) is 12.1 Å². The van der Waals surface area contributed by atoms with Gasteiger partial charge in [-0.2, -0.15) is 0 Å². The van der Waals surface area contributed by atoms with E-state index in [0.717, 1.165) is 13.1 Å². The predicted octanol–water partition coefficient (Wildman–Crippen LogP) is 3.65. The van der Waals surface area contributed by atoms with Crippen LogP contribution < -0.4 is 10.1 Å². The second-order valence-electron chi connectivity index (χ2n) is 7.17. The van der Waals surface area contributed by atoms with Crippen molar-refractivity contribution in [2.75, 3.05) is 40.0 Å². The molecule has 1 N–H and O–H groups in total. The van der Waals surface area contributed by atoms with Gasteiger partial charge in [-0.05, 0) is 34.5 Å². The molecule has 1 fully saturated rings. The van der Waals surface area contributed by atoms with Crippen LogP contribution in [0, 0.1) is 0 Å². The quantitative estimate of drug-likeness (QED) is 0.698. The van der Waals surface area contributed by atoms with Gasteiger partial charge in [-0.3, -0.25) is 9.69 Å². The molecule has 0 aromatic heterocycles. The van der Waals surface area contributed by atoms with E-state index in [0.29, 0.717) is 31.1 Å². The first kappa shape index (κ1) is 19.4. The molecule has 1 saturated heterocycles. The van der Waals surface area contributed by atoms with E-state index in [2.05, 4.69) is 52.7 Å². The van der Waals surface area contributed by atoms with E-state index in [1.54, 1.807) is 19.2 Å². The molecular formula is C24H26N2O3. The van der Waals surface area contributed by atoms with Crippen LogP contribution >= 0.6 is 0 Å². The number of morpholine rings is 1. The molecule has 5 nitrogen and oxygen atoms in total. The molecule has 150 valence electrons. The molecule has 0 unspecified atom stereocenters. The van der Waals surface area contributed by atoms with E-state index in [1.165, 1.54) is 16.3 Å². The lowest BCUT2D eigenvalue weighted by Gasteiger charge is -2.35. The van der Waals surface area contributed by atoms with Crippen LogP contribution in [0.25, 0.3) is 10.8 Å². The number of nitrogens with zero attached hydrogens (tertiary/aromatic N) is 1. The molecular weight excluding hydrogens is 364 g/mol. The maximum absolute atomic E-state index is 12.8. The summed E-state index contributed by atoms with van der Waals surface area (Å²) in [6, 6.07) is 22.1. The Morgan fingerprint density at radius 3 is 2.66 bits per heavy atom. The van der Waals surface area contributed by atoms with Crippen molar-refractivity contribution in [3.63, 3.8) is 0 Å². The Bertz CT molecular complexity index is 977. The first-order valence-corrected chi connectivity index (χ1v) is 9.98. The third kappa shape index (κ3) is 4.42. The summed E-state index contributed by atoms with van der Waals surface area (Å²) in [5.74, 6) is 0.582. The summed E-state index contributed by atoms with van der Waals surface area (Å²) in [7, 11) is 1.60. The molecule has 1 aliphatic heterocycles. The van der Waals surface area contributed by atoms with Gasteiger partial charge in [0.2, 0.25) is 0 Å². The molecule has 29 heavy (non-hydrogen) atoms. The number of methoxy groups -OCH3 is 1. The summed E-state index contributed by atoms with van der Waals surface area (Å²) in [6.45, 7) is 3.66. The average molecular weight is 390 g/mol. The predicted molar refractivity (Wildman–Crippen MR) is 114 cm³/mol. The molecule has 1 heterocycles. The van der Waals surface area contributed by atoms with Gasteiger partial charge in [-0.25, -0.2) is 0 Å². The highest BCUT2D eigenvalue weighted by Gasteiger charge is 2.24. The minimum atomic E-state index is -0.0950. The number of fused-ring (bicyclic) bond motifs is 1. The fourth-order valence-electron chi connectivity index (χ4n) is 3.92. The van der Waals surface area contributed by atoms with E-state index >= 15 is 0 Å². The van der Waals surface area contributed by atoms with Crippen LogP contribution in [0.3, 0.4) is 0 Å². The molecule has 0 bridgehead atoms. The summed E-state index contributed by atoms with van der Waals surface area (Å²) in [5.41, 5.74) is 1.83. The highest BCUT2D eigenvalue weighted by Crippen LogP contribution is 2.29. The van der Waals surface area contributed by atoms with Crippen LogP contribution in [0.5, 0.6) is 5.75 Å². The molecule has 4 rings (SSSR count). The normalized spacial score (nSPS) is 15.8. The Morgan fingerprint density at radius 2 is 1.83 bits per heavy atom. The number of benzene rings is 3. The van der Waals surface area contributed by atoms with Gasteiger partial charge >= 0.3 is 0 Å². The molecule has 0 spiro atoms. The summed E-state index contributed by atoms with van der Waals surface area (Å²) in [5, 5.41) is 5.57. The van der Waals surface area contributed by atoms with Crippen LogP contribution in [0.15, 0.2) is 66.7 Å². The smallest absolute Gasteiger partial charge is 0.251 e. The standard InChI is InChI=1S/C24H26N2O3/c1-28-20-9-4-8-19(16-20)24(27)25-17-23(26-12-14-29-15-13-26)22-11-5-7-18-6-2-3-10-21(18)22/h2-11,16,23H,12-15,17H2,1H3,(H,25,27)/t23-/m1/s1. The Labute approximate surface area is 171 Å². The number of rotatable bonds is 6. The van der Waals surface area contributed by atoms with Gasteiger partial charge in [-0.15, -0.1) is 0 Å². The van der Waals surface area contributed by atoms with Gasteiger partial charge < -0.3 is 14.8 Å². The lowest BCUT2D eigenvalue weighted by atomic mass is 9.97. The Morgan fingerprint density at radius 1 is 1.07 bits per heavy atom.